The minimum absolute atomic E-state index is 0.106. The van der Waals surface area contributed by atoms with Gasteiger partial charge in [0.1, 0.15) is 13.2 Å². The second kappa shape index (κ2) is 7.90. The molecule has 2 aliphatic rings. The molecule has 152 valence electrons. The molecule has 8 nitrogen and oxygen atoms in total. The number of phenols is 2. The van der Waals surface area contributed by atoms with Gasteiger partial charge in [0.05, 0.1) is 5.92 Å². The molecular formula is C21H22N2O6. The van der Waals surface area contributed by atoms with Gasteiger partial charge in [-0.3, -0.25) is 9.59 Å². The quantitative estimate of drug-likeness (QED) is 0.660. The van der Waals surface area contributed by atoms with Gasteiger partial charge in [0.15, 0.2) is 23.0 Å². The third kappa shape index (κ3) is 4.06. The third-order valence-corrected chi connectivity index (χ3v) is 5.09. The Labute approximate surface area is 167 Å². The number of carbonyl (C=O) groups is 2. The van der Waals surface area contributed by atoms with Crippen LogP contribution in [-0.4, -0.2) is 48.3 Å². The number of carbonyl (C=O) groups excluding carboxylic acids is 2. The molecule has 29 heavy (non-hydrogen) atoms. The van der Waals surface area contributed by atoms with Gasteiger partial charge in [-0.1, -0.05) is 6.07 Å². The molecule has 0 aliphatic carbocycles. The topological polar surface area (TPSA) is 108 Å². The van der Waals surface area contributed by atoms with E-state index in [0.717, 1.165) is 5.56 Å². The zero-order chi connectivity index (χ0) is 20.4. The highest BCUT2D eigenvalue weighted by atomic mass is 16.6. The first-order chi connectivity index (χ1) is 14.0. The highest BCUT2D eigenvalue weighted by molar-refractivity contribution is 6.00. The van der Waals surface area contributed by atoms with Gasteiger partial charge < -0.3 is 29.9 Å². The van der Waals surface area contributed by atoms with Crippen LogP contribution in [0.5, 0.6) is 23.0 Å². The molecule has 8 heteroatoms. The fraction of sp³-hybridized carbons (Fsp3) is 0.333. The van der Waals surface area contributed by atoms with Gasteiger partial charge in [-0.15, -0.1) is 0 Å². The SMILES string of the molecule is O=C(NCCc1ccc(O)c(O)c1)[C@@H]1CC(=O)N(c2ccc3c(c2)OCCO3)C1. The number of amides is 2. The summed E-state index contributed by atoms with van der Waals surface area (Å²) >= 11 is 0. The molecule has 1 atom stereocenters. The Morgan fingerprint density at radius 1 is 1.07 bits per heavy atom. The Morgan fingerprint density at radius 3 is 2.66 bits per heavy atom. The Bertz CT molecular complexity index is 945. The van der Waals surface area contributed by atoms with Crippen LogP contribution in [0.15, 0.2) is 36.4 Å². The zero-order valence-electron chi connectivity index (χ0n) is 15.8. The highest BCUT2D eigenvalue weighted by Crippen LogP contribution is 2.36. The molecule has 2 heterocycles. The van der Waals surface area contributed by atoms with E-state index in [4.69, 9.17) is 9.47 Å². The number of rotatable bonds is 5. The van der Waals surface area contributed by atoms with Crippen LogP contribution in [0.25, 0.3) is 0 Å². The first-order valence-electron chi connectivity index (χ1n) is 9.50. The number of nitrogens with zero attached hydrogens (tertiary/aromatic N) is 1. The molecule has 0 saturated carbocycles. The largest absolute Gasteiger partial charge is 0.504 e. The maximum Gasteiger partial charge on any atom is 0.227 e. The van der Waals surface area contributed by atoms with Crippen LogP contribution in [0.1, 0.15) is 12.0 Å². The molecule has 0 unspecified atom stereocenters. The number of hydrogen-bond acceptors (Lipinski definition) is 6. The van der Waals surface area contributed by atoms with E-state index in [0.29, 0.717) is 49.9 Å². The molecular weight excluding hydrogens is 376 g/mol. The number of nitrogens with one attached hydrogen (secondary N) is 1. The number of ether oxygens (including phenoxy) is 2. The van der Waals surface area contributed by atoms with Crippen LogP contribution in [0.2, 0.25) is 0 Å². The van der Waals surface area contributed by atoms with Crippen molar-refractivity contribution in [1.82, 2.24) is 5.32 Å². The fourth-order valence-electron chi connectivity index (χ4n) is 3.53. The molecule has 0 radical (unpaired) electrons. The van der Waals surface area contributed by atoms with Crippen molar-refractivity contribution >= 4 is 17.5 Å². The molecule has 1 fully saturated rings. The van der Waals surface area contributed by atoms with E-state index in [-0.39, 0.29) is 29.7 Å². The zero-order valence-corrected chi connectivity index (χ0v) is 15.8. The summed E-state index contributed by atoms with van der Waals surface area (Å²) in [5.41, 5.74) is 1.48. The van der Waals surface area contributed by atoms with Crippen LogP contribution < -0.4 is 19.7 Å². The van der Waals surface area contributed by atoms with Crippen molar-refractivity contribution in [2.75, 3.05) is 31.2 Å². The summed E-state index contributed by atoms with van der Waals surface area (Å²) in [6.07, 6.45) is 0.659. The normalized spacial score (nSPS) is 18.0. The fourth-order valence-corrected chi connectivity index (χ4v) is 3.53. The average Bonchev–Trinajstić information content (AvgIpc) is 3.12. The molecule has 0 spiro atoms. The van der Waals surface area contributed by atoms with Crippen molar-refractivity contribution in [3.8, 4) is 23.0 Å². The molecule has 1 saturated heterocycles. The maximum atomic E-state index is 12.5. The first-order valence-corrected chi connectivity index (χ1v) is 9.50. The van der Waals surface area contributed by atoms with Gasteiger partial charge >= 0.3 is 0 Å². The van der Waals surface area contributed by atoms with Gasteiger partial charge in [-0.2, -0.15) is 0 Å². The molecule has 4 rings (SSSR count). The molecule has 0 aromatic heterocycles. The monoisotopic (exact) mass is 398 g/mol. The van der Waals surface area contributed by atoms with Gasteiger partial charge in [0.2, 0.25) is 11.8 Å². The third-order valence-electron chi connectivity index (χ3n) is 5.09. The second-order valence-electron chi connectivity index (χ2n) is 7.10. The van der Waals surface area contributed by atoms with Crippen molar-refractivity contribution in [2.45, 2.75) is 12.8 Å². The molecule has 3 N–H and O–H groups in total. The molecule has 0 bridgehead atoms. The van der Waals surface area contributed by atoms with Crippen LogP contribution >= 0.6 is 0 Å². The summed E-state index contributed by atoms with van der Waals surface area (Å²) in [5, 5.41) is 21.7. The molecule has 2 aliphatic heterocycles. The summed E-state index contributed by atoms with van der Waals surface area (Å²) in [4.78, 5) is 26.5. The van der Waals surface area contributed by atoms with Crippen LogP contribution in [0.4, 0.5) is 5.69 Å². The Kier molecular flexibility index (Phi) is 5.16. The lowest BCUT2D eigenvalue weighted by Gasteiger charge is -2.22. The number of anilines is 1. The number of fused-ring (bicyclic) bond motifs is 1. The van der Waals surface area contributed by atoms with Gasteiger partial charge in [-0.05, 0) is 36.2 Å². The maximum absolute atomic E-state index is 12.5. The van der Waals surface area contributed by atoms with E-state index in [1.807, 2.05) is 0 Å². The molecule has 2 aromatic carbocycles. The van der Waals surface area contributed by atoms with Gasteiger partial charge in [0, 0.05) is 31.3 Å². The van der Waals surface area contributed by atoms with Gasteiger partial charge in [-0.25, -0.2) is 0 Å². The minimum atomic E-state index is -0.427. The Morgan fingerprint density at radius 2 is 1.86 bits per heavy atom. The van der Waals surface area contributed by atoms with Crippen molar-refractivity contribution in [2.24, 2.45) is 5.92 Å². The van der Waals surface area contributed by atoms with Crippen molar-refractivity contribution in [3.63, 3.8) is 0 Å². The lowest BCUT2D eigenvalue weighted by molar-refractivity contribution is -0.126. The summed E-state index contributed by atoms with van der Waals surface area (Å²) < 4.78 is 11.1. The standard InChI is InChI=1S/C21H22N2O6/c24-16-3-1-13(9-17(16)25)5-6-22-21(27)14-10-20(26)23(12-14)15-2-4-18-19(11-15)29-8-7-28-18/h1-4,9,11,14,24-25H,5-8,10,12H2,(H,22,27)/t14-/m1/s1. The molecule has 2 aromatic rings. The lowest BCUT2D eigenvalue weighted by Crippen LogP contribution is -2.34. The van der Waals surface area contributed by atoms with E-state index in [9.17, 15) is 19.8 Å². The predicted molar refractivity (Wildman–Crippen MR) is 104 cm³/mol. The summed E-state index contributed by atoms with van der Waals surface area (Å²) in [6.45, 7) is 1.65. The average molecular weight is 398 g/mol. The smallest absolute Gasteiger partial charge is 0.227 e. The number of benzene rings is 2. The number of aromatic hydroxyl groups is 2. The van der Waals surface area contributed by atoms with Crippen LogP contribution in [0.3, 0.4) is 0 Å². The summed E-state index contributed by atoms with van der Waals surface area (Å²) in [7, 11) is 0. The van der Waals surface area contributed by atoms with Crippen LogP contribution in [0, 0.1) is 5.92 Å². The van der Waals surface area contributed by atoms with Gasteiger partial charge in [0.25, 0.3) is 0 Å². The molecule has 2 amide bonds. The summed E-state index contributed by atoms with van der Waals surface area (Å²) in [6, 6.07) is 9.89. The highest BCUT2D eigenvalue weighted by Gasteiger charge is 2.35. The van der Waals surface area contributed by atoms with E-state index in [1.165, 1.54) is 12.1 Å². The van der Waals surface area contributed by atoms with E-state index in [1.54, 1.807) is 29.2 Å². The summed E-state index contributed by atoms with van der Waals surface area (Å²) in [5.74, 6) is 0.176. The second-order valence-corrected chi connectivity index (χ2v) is 7.10. The Balaban J connectivity index is 1.33. The van der Waals surface area contributed by atoms with Crippen LogP contribution in [-0.2, 0) is 16.0 Å². The van der Waals surface area contributed by atoms with E-state index >= 15 is 0 Å². The predicted octanol–water partition coefficient (Wildman–Crippen LogP) is 1.58. The van der Waals surface area contributed by atoms with Crippen molar-refractivity contribution in [1.29, 1.82) is 0 Å². The van der Waals surface area contributed by atoms with Crippen molar-refractivity contribution in [3.05, 3.63) is 42.0 Å². The van der Waals surface area contributed by atoms with E-state index in [2.05, 4.69) is 5.32 Å². The minimum Gasteiger partial charge on any atom is -0.504 e. The Hall–Kier alpha value is -3.42. The first kappa shape index (κ1) is 18.9. The lowest BCUT2D eigenvalue weighted by atomic mass is 10.1. The number of hydrogen-bond donors (Lipinski definition) is 3. The van der Waals surface area contributed by atoms with E-state index < -0.39 is 5.92 Å². The van der Waals surface area contributed by atoms with Crippen molar-refractivity contribution < 1.29 is 29.3 Å². The number of phenolic OH excluding ortho intramolecular Hbond substituents is 2.